The van der Waals surface area contributed by atoms with E-state index in [2.05, 4.69) is 58.1 Å². The van der Waals surface area contributed by atoms with Crippen LogP contribution in [-0.2, 0) is 0 Å². The van der Waals surface area contributed by atoms with Crippen molar-refractivity contribution in [2.24, 2.45) is 0 Å². The highest BCUT2D eigenvalue weighted by molar-refractivity contribution is 5.94. The van der Waals surface area contributed by atoms with Gasteiger partial charge in [-0.15, -0.1) is 6.58 Å². The Morgan fingerprint density at radius 2 is 1.58 bits per heavy atom. The molecule has 5 heteroatoms. The molecule has 38 heavy (non-hydrogen) atoms. The second-order valence-corrected chi connectivity index (χ2v) is 11.8. The Morgan fingerprint density at radius 3 is 2.21 bits per heavy atom. The number of nitrogens with zero attached hydrogens (tertiary/aromatic N) is 2. The molecule has 1 N–H and O–H groups in total. The van der Waals surface area contributed by atoms with Crippen LogP contribution in [0.2, 0.25) is 0 Å². The minimum atomic E-state index is 0.0672. The molecule has 4 bridgehead atoms. The molecule has 4 fully saturated rings. The first-order valence-corrected chi connectivity index (χ1v) is 14.9. The summed E-state index contributed by atoms with van der Waals surface area (Å²) in [6.07, 6.45) is 14.4. The maximum atomic E-state index is 13.1. The topological polar surface area (TPSA) is 44.8 Å². The summed E-state index contributed by atoms with van der Waals surface area (Å²) in [5.74, 6) is 0.963. The molecular formula is C33H43N3O2. The summed E-state index contributed by atoms with van der Waals surface area (Å²) in [5.41, 5.74) is 3.30. The van der Waals surface area contributed by atoms with Crippen molar-refractivity contribution >= 4 is 5.91 Å². The average molecular weight is 514 g/mol. The van der Waals surface area contributed by atoms with Gasteiger partial charge in [0.2, 0.25) is 0 Å². The van der Waals surface area contributed by atoms with Gasteiger partial charge in [0, 0.05) is 42.3 Å². The van der Waals surface area contributed by atoms with Gasteiger partial charge in [0.05, 0.1) is 13.2 Å². The molecule has 4 aliphatic rings. The third-order valence-corrected chi connectivity index (χ3v) is 9.75. The molecule has 3 saturated heterocycles. The van der Waals surface area contributed by atoms with Crippen LogP contribution in [0.15, 0.2) is 61.2 Å². The summed E-state index contributed by atoms with van der Waals surface area (Å²) in [7, 11) is 1.74. The molecule has 1 saturated carbocycles. The summed E-state index contributed by atoms with van der Waals surface area (Å²) in [6, 6.07) is 19.8. The van der Waals surface area contributed by atoms with E-state index in [0.717, 1.165) is 30.7 Å². The summed E-state index contributed by atoms with van der Waals surface area (Å²) in [4.78, 5) is 18.7. The van der Waals surface area contributed by atoms with Crippen molar-refractivity contribution in [2.75, 3.05) is 13.7 Å². The average Bonchev–Trinajstić information content (AvgIpc) is 3.32. The molecule has 0 spiro atoms. The fraction of sp³-hybridized carbons (Fsp3) is 0.545. The lowest BCUT2D eigenvalue weighted by Gasteiger charge is -2.50. The zero-order valence-corrected chi connectivity index (χ0v) is 22.9. The third-order valence-electron chi connectivity index (χ3n) is 9.75. The number of rotatable bonds is 8. The summed E-state index contributed by atoms with van der Waals surface area (Å²) in [5, 5.41) is 3.32. The maximum absolute atomic E-state index is 13.1. The Hall–Kier alpha value is -2.63. The van der Waals surface area contributed by atoms with Crippen molar-refractivity contribution in [3.8, 4) is 5.75 Å². The highest BCUT2D eigenvalue weighted by atomic mass is 16.5. The Morgan fingerprint density at radius 1 is 0.921 bits per heavy atom. The van der Waals surface area contributed by atoms with E-state index in [1.807, 2.05) is 18.2 Å². The Labute approximate surface area is 228 Å². The van der Waals surface area contributed by atoms with Gasteiger partial charge in [0.1, 0.15) is 5.75 Å². The van der Waals surface area contributed by atoms with Crippen LogP contribution in [0.5, 0.6) is 5.75 Å². The van der Waals surface area contributed by atoms with Gasteiger partial charge < -0.3 is 10.1 Å². The number of benzene rings is 2. The zero-order chi connectivity index (χ0) is 26.1. The molecule has 0 radical (unpaired) electrons. The highest BCUT2D eigenvalue weighted by Gasteiger charge is 2.56. The van der Waals surface area contributed by atoms with Gasteiger partial charge in [-0.05, 0) is 73.9 Å². The standard InChI is InChI=1S/C33H43N3O2/c1-3-21-35-28-17-18-29(35)31-20-19-30(28)36(31)32(25-9-8-12-27(22-25)38-2)23-13-15-24(16-14-23)33(37)34-26-10-6-4-5-7-11-26/h3,8-9,12-16,22,26,28-32H,1,4-7,10-11,17-21H2,2H3,(H,34,37). The van der Waals surface area contributed by atoms with Crippen molar-refractivity contribution in [1.82, 2.24) is 15.1 Å². The molecule has 5 atom stereocenters. The molecule has 3 aliphatic heterocycles. The number of ether oxygens (including phenoxy) is 1. The van der Waals surface area contributed by atoms with Crippen molar-refractivity contribution in [1.29, 1.82) is 0 Å². The molecule has 202 valence electrons. The van der Waals surface area contributed by atoms with Gasteiger partial charge in [0.15, 0.2) is 0 Å². The molecule has 1 amide bonds. The maximum Gasteiger partial charge on any atom is 0.251 e. The quantitative estimate of drug-likeness (QED) is 0.342. The largest absolute Gasteiger partial charge is 0.497 e. The van der Waals surface area contributed by atoms with Crippen molar-refractivity contribution < 1.29 is 9.53 Å². The molecular weight excluding hydrogens is 470 g/mol. The smallest absolute Gasteiger partial charge is 0.251 e. The van der Waals surface area contributed by atoms with E-state index < -0.39 is 0 Å². The van der Waals surface area contributed by atoms with Crippen LogP contribution in [0.4, 0.5) is 0 Å². The van der Waals surface area contributed by atoms with Gasteiger partial charge in [-0.3, -0.25) is 14.6 Å². The number of hydrogen-bond acceptors (Lipinski definition) is 4. The predicted molar refractivity (Wildman–Crippen MR) is 153 cm³/mol. The Balaban J connectivity index is 1.30. The van der Waals surface area contributed by atoms with E-state index in [0.29, 0.717) is 30.2 Å². The number of methoxy groups -OCH3 is 1. The number of nitrogens with one attached hydrogen (secondary N) is 1. The lowest BCUT2D eigenvalue weighted by Crippen LogP contribution is -2.60. The van der Waals surface area contributed by atoms with Crippen LogP contribution >= 0.6 is 0 Å². The van der Waals surface area contributed by atoms with Crippen molar-refractivity contribution in [2.45, 2.75) is 100 Å². The Kier molecular flexibility index (Phi) is 7.58. The molecule has 6 rings (SSSR count). The van der Waals surface area contributed by atoms with Gasteiger partial charge in [-0.25, -0.2) is 0 Å². The first kappa shape index (κ1) is 25.6. The molecule has 3 heterocycles. The van der Waals surface area contributed by atoms with Crippen LogP contribution in [0.25, 0.3) is 0 Å². The summed E-state index contributed by atoms with van der Waals surface area (Å²) < 4.78 is 5.64. The number of piperazine rings is 1. The molecule has 0 aromatic heterocycles. The normalized spacial score (nSPS) is 28.6. The van der Waals surface area contributed by atoms with E-state index in [9.17, 15) is 4.79 Å². The van der Waals surface area contributed by atoms with Crippen LogP contribution < -0.4 is 10.1 Å². The Bertz CT molecular complexity index is 1100. The minimum absolute atomic E-state index is 0.0672. The second kappa shape index (κ2) is 11.2. The van der Waals surface area contributed by atoms with E-state index in [4.69, 9.17) is 4.74 Å². The monoisotopic (exact) mass is 513 g/mol. The van der Waals surface area contributed by atoms with Crippen LogP contribution in [-0.4, -0.2) is 59.6 Å². The van der Waals surface area contributed by atoms with Gasteiger partial charge in [0.25, 0.3) is 5.91 Å². The van der Waals surface area contributed by atoms with E-state index >= 15 is 0 Å². The molecule has 5 nitrogen and oxygen atoms in total. The number of carbonyl (C=O) groups excluding carboxylic acids is 1. The molecule has 2 aromatic carbocycles. The number of carbonyl (C=O) groups is 1. The van der Waals surface area contributed by atoms with Crippen LogP contribution in [0.1, 0.15) is 91.7 Å². The molecule has 5 unspecified atom stereocenters. The lowest BCUT2D eigenvalue weighted by molar-refractivity contribution is -0.00329. The van der Waals surface area contributed by atoms with E-state index in [-0.39, 0.29) is 11.9 Å². The SMILES string of the molecule is C=CCN1C2CCC1C1CCC2N1C(c1ccc(C(=O)NC2CCCCCC2)cc1)c1cccc(OC)c1. The third kappa shape index (κ3) is 4.80. The zero-order valence-electron chi connectivity index (χ0n) is 22.9. The van der Waals surface area contributed by atoms with E-state index in [1.165, 1.54) is 62.5 Å². The van der Waals surface area contributed by atoms with Crippen molar-refractivity contribution in [3.05, 3.63) is 77.9 Å². The number of amides is 1. The first-order chi connectivity index (χ1) is 18.7. The summed E-state index contributed by atoms with van der Waals surface area (Å²) in [6.45, 7) is 5.04. The predicted octanol–water partition coefficient (Wildman–Crippen LogP) is 6.10. The van der Waals surface area contributed by atoms with Gasteiger partial charge in [-0.2, -0.15) is 0 Å². The second-order valence-electron chi connectivity index (χ2n) is 11.8. The van der Waals surface area contributed by atoms with Gasteiger partial charge >= 0.3 is 0 Å². The number of hydrogen-bond donors (Lipinski definition) is 1. The van der Waals surface area contributed by atoms with Crippen LogP contribution in [0.3, 0.4) is 0 Å². The van der Waals surface area contributed by atoms with Crippen molar-refractivity contribution in [3.63, 3.8) is 0 Å². The summed E-state index contributed by atoms with van der Waals surface area (Å²) >= 11 is 0. The molecule has 2 aromatic rings. The fourth-order valence-corrected chi connectivity index (χ4v) is 8.07. The minimum Gasteiger partial charge on any atom is -0.497 e. The van der Waals surface area contributed by atoms with E-state index in [1.54, 1.807) is 7.11 Å². The molecule has 1 aliphatic carbocycles. The van der Waals surface area contributed by atoms with Gasteiger partial charge in [-0.1, -0.05) is 56.0 Å². The fourth-order valence-electron chi connectivity index (χ4n) is 8.07. The first-order valence-electron chi connectivity index (χ1n) is 14.9. The lowest BCUT2D eigenvalue weighted by atomic mass is 9.91. The highest BCUT2D eigenvalue weighted by Crippen LogP contribution is 2.50. The number of fused-ring (bicyclic) bond motifs is 6. The van der Waals surface area contributed by atoms with Crippen LogP contribution in [0, 0.1) is 0 Å².